The minimum absolute atomic E-state index is 0.0809. The van der Waals surface area contributed by atoms with E-state index < -0.39 is 11.9 Å². The van der Waals surface area contributed by atoms with E-state index in [0.29, 0.717) is 19.5 Å². The molecule has 4 nitrogen and oxygen atoms in total. The molecule has 20 heavy (non-hydrogen) atoms. The lowest BCUT2D eigenvalue weighted by molar-refractivity contribution is -0.140. The van der Waals surface area contributed by atoms with Gasteiger partial charge in [-0.1, -0.05) is 19.1 Å². The number of ether oxygens (including phenoxy) is 1. The molecule has 2 N–H and O–H groups in total. The summed E-state index contributed by atoms with van der Waals surface area (Å²) >= 11 is 0. The Morgan fingerprint density at radius 3 is 2.70 bits per heavy atom. The largest absolute Gasteiger partial charge is 0.478 e. The van der Waals surface area contributed by atoms with Crippen LogP contribution in [0.2, 0.25) is 0 Å². The summed E-state index contributed by atoms with van der Waals surface area (Å²) in [4.78, 5) is 14.2. The molecule has 0 aliphatic carbocycles. The number of rotatable bonds is 4. The van der Waals surface area contributed by atoms with Crippen LogP contribution in [0.4, 0.5) is 4.39 Å². The summed E-state index contributed by atoms with van der Waals surface area (Å²) in [5, 5.41) is 0. The van der Waals surface area contributed by atoms with Crippen molar-refractivity contribution in [1.82, 2.24) is 4.90 Å². The first kappa shape index (κ1) is 14.8. The van der Waals surface area contributed by atoms with Gasteiger partial charge in [0.2, 0.25) is 0 Å². The third-order valence-electron chi connectivity index (χ3n) is 3.60. The first-order valence-electron chi connectivity index (χ1n) is 7.07. The fourth-order valence-electron chi connectivity index (χ4n) is 2.33. The number of likely N-dealkylation sites (tertiary alicyclic amines) is 1. The first-order valence-corrected chi connectivity index (χ1v) is 7.07. The summed E-state index contributed by atoms with van der Waals surface area (Å²) in [7, 11) is 0. The van der Waals surface area contributed by atoms with Gasteiger partial charge in [0.05, 0.1) is 0 Å². The second-order valence-corrected chi connectivity index (χ2v) is 5.11. The van der Waals surface area contributed by atoms with E-state index in [9.17, 15) is 9.18 Å². The average molecular weight is 280 g/mol. The van der Waals surface area contributed by atoms with Crippen LogP contribution in [0.1, 0.15) is 26.2 Å². The van der Waals surface area contributed by atoms with Gasteiger partial charge in [0, 0.05) is 19.1 Å². The summed E-state index contributed by atoms with van der Waals surface area (Å²) < 4.78 is 19.1. The zero-order chi connectivity index (χ0) is 14.5. The van der Waals surface area contributed by atoms with E-state index in [2.05, 4.69) is 0 Å². The number of benzene rings is 1. The Hall–Kier alpha value is -1.62. The van der Waals surface area contributed by atoms with E-state index in [1.165, 1.54) is 12.1 Å². The number of nitrogens with two attached hydrogens (primary N) is 1. The van der Waals surface area contributed by atoms with Crippen LogP contribution in [0.15, 0.2) is 24.3 Å². The maximum absolute atomic E-state index is 13.6. The number of halogens is 1. The van der Waals surface area contributed by atoms with Gasteiger partial charge in [-0.3, -0.25) is 4.79 Å². The minimum Gasteiger partial charge on any atom is -0.478 e. The van der Waals surface area contributed by atoms with E-state index in [1.807, 2.05) is 6.92 Å². The molecule has 1 fully saturated rings. The highest BCUT2D eigenvalue weighted by Crippen LogP contribution is 2.20. The topological polar surface area (TPSA) is 55.6 Å². The predicted octanol–water partition coefficient (Wildman–Crippen LogP) is 1.93. The lowest BCUT2D eigenvalue weighted by Crippen LogP contribution is -2.48. The van der Waals surface area contributed by atoms with Crippen molar-refractivity contribution in [3.8, 4) is 5.75 Å². The van der Waals surface area contributed by atoms with Crippen molar-refractivity contribution in [2.45, 2.75) is 38.3 Å². The molecule has 1 aromatic carbocycles. The Morgan fingerprint density at radius 1 is 1.45 bits per heavy atom. The van der Waals surface area contributed by atoms with Crippen LogP contribution in [-0.4, -0.2) is 36.0 Å². The van der Waals surface area contributed by atoms with E-state index in [-0.39, 0.29) is 17.7 Å². The van der Waals surface area contributed by atoms with Crippen LogP contribution in [0, 0.1) is 5.82 Å². The van der Waals surface area contributed by atoms with Crippen molar-refractivity contribution in [1.29, 1.82) is 0 Å². The van der Waals surface area contributed by atoms with Gasteiger partial charge in [0.25, 0.3) is 5.91 Å². The lowest BCUT2D eigenvalue weighted by atomic mass is 10.1. The molecule has 0 spiro atoms. The Bertz CT molecular complexity index is 459. The smallest absolute Gasteiger partial charge is 0.263 e. The van der Waals surface area contributed by atoms with Crippen LogP contribution < -0.4 is 10.5 Å². The van der Waals surface area contributed by atoms with Crippen LogP contribution in [-0.2, 0) is 4.79 Å². The summed E-state index contributed by atoms with van der Waals surface area (Å²) in [5.41, 5.74) is 5.83. The van der Waals surface area contributed by atoms with Gasteiger partial charge >= 0.3 is 0 Å². The molecule has 2 rings (SSSR count). The molecule has 1 amide bonds. The number of piperidine rings is 1. The zero-order valence-electron chi connectivity index (χ0n) is 11.7. The Balaban J connectivity index is 2.01. The van der Waals surface area contributed by atoms with Crippen molar-refractivity contribution >= 4 is 5.91 Å². The molecule has 5 heteroatoms. The molecule has 1 aromatic rings. The second kappa shape index (κ2) is 6.70. The minimum atomic E-state index is -0.638. The molecule has 1 saturated heterocycles. The maximum Gasteiger partial charge on any atom is 0.263 e. The Labute approximate surface area is 118 Å². The van der Waals surface area contributed by atoms with Crippen LogP contribution >= 0.6 is 0 Å². The number of hydrogen-bond acceptors (Lipinski definition) is 3. The SMILES string of the molecule is CCC(Oc1ccccc1F)C(=O)N1CCC(N)CC1. The van der Waals surface area contributed by atoms with Crippen molar-refractivity contribution < 1.29 is 13.9 Å². The fraction of sp³-hybridized carbons (Fsp3) is 0.533. The van der Waals surface area contributed by atoms with Gasteiger partial charge in [-0.05, 0) is 31.4 Å². The third-order valence-corrected chi connectivity index (χ3v) is 3.60. The van der Waals surface area contributed by atoms with Gasteiger partial charge in [-0.25, -0.2) is 4.39 Å². The quantitative estimate of drug-likeness (QED) is 0.917. The zero-order valence-corrected chi connectivity index (χ0v) is 11.7. The highest BCUT2D eigenvalue weighted by atomic mass is 19.1. The third kappa shape index (κ3) is 3.48. The van der Waals surface area contributed by atoms with Crippen LogP contribution in [0.3, 0.4) is 0 Å². The predicted molar refractivity (Wildman–Crippen MR) is 74.9 cm³/mol. The molecule has 0 aromatic heterocycles. The number of carbonyl (C=O) groups is 1. The summed E-state index contributed by atoms with van der Waals surface area (Å²) in [6, 6.07) is 6.32. The van der Waals surface area contributed by atoms with E-state index >= 15 is 0 Å². The molecule has 0 saturated carbocycles. The van der Waals surface area contributed by atoms with E-state index in [1.54, 1.807) is 17.0 Å². The molecule has 1 aliphatic rings. The summed E-state index contributed by atoms with van der Waals surface area (Å²) in [5.74, 6) is -0.400. The van der Waals surface area contributed by atoms with Gasteiger partial charge in [0.15, 0.2) is 17.7 Å². The van der Waals surface area contributed by atoms with Crippen molar-refractivity contribution in [2.75, 3.05) is 13.1 Å². The Kier molecular flexibility index (Phi) is 4.95. The molecule has 1 atom stereocenters. The number of hydrogen-bond donors (Lipinski definition) is 1. The van der Waals surface area contributed by atoms with Crippen LogP contribution in [0.5, 0.6) is 5.75 Å². The van der Waals surface area contributed by atoms with Crippen molar-refractivity contribution in [3.63, 3.8) is 0 Å². The van der Waals surface area contributed by atoms with Crippen molar-refractivity contribution in [2.24, 2.45) is 5.73 Å². The molecular weight excluding hydrogens is 259 g/mol. The van der Waals surface area contributed by atoms with Gasteiger partial charge < -0.3 is 15.4 Å². The van der Waals surface area contributed by atoms with Crippen molar-refractivity contribution in [3.05, 3.63) is 30.1 Å². The number of carbonyl (C=O) groups excluding carboxylic acids is 1. The standard InChI is InChI=1S/C15H21FN2O2/c1-2-13(20-14-6-4-3-5-12(14)16)15(19)18-9-7-11(17)8-10-18/h3-6,11,13H,2,7-10,17H2,1H3. The van der Waals surface area contributed by atoms with Crippen LogP contribution in [0.25, 0.3) is 0 Å². The fourth-order valence-corrected chi connectivity index (χ4v) is 2.33. The monoisotopic (exact) mass is 280 g/mol. The number of amides is 1. The molecule has 110 valence electrons. The number of nitrogens with zero attached hydrogens (tertiary/aromatic N) is 1. The normalized spacial score (nSPS) is 17.9. The second-order valence-electron chi connectivity index (χ2n) is 5.11. The van der Waals surface area contributed by atoms with E-state index in [0.717, 1.165) is 12.8 Å². The van der Waals surface area contributed by atoms with Gasteiger partial charge in [-0.15, -0.1) is 0 Å². The highest BCUT2D eigenvalue weighted by Gasteiger charge is 2.28. The van der Waals surface area contributed by atoms with E-state index in [4.69, 9.17) is 10.5 Å². The molecule has 1 aliphatic heterocycles. The molecule has 0 bridgehead atoms. The van der Waals surface area contributed by atoms with Gasteiger partial charge in [0.1, 0.15) is 0 Å². The average Bonchev–Trinajstić information content (AvgIpc) is 2.46. The Morgan fingerprint density at radius 2 is 2.10 bits per heavy atom. The maximum atomic E-state index is 13.6. The first-order chi connectivity index (χ1) is 9.61. The molecule has 0 radical (unpaired) electrons. The molecule has 1 heterocycles. The summed E-state index contributed by atoms with van der Waals surface area (Å²) in [6.07, 6.45) is 1.49. The highest BCUT2D eigenvalue weighted by molar-refractivity contribution is 5.81. The summed E-state index contributed by atoms with van der Waals surface area (Å²) in [6.45, 7) is 3.16. The molecular formula is C15H21FN2O2. The number of para-hydroxylation sites is 1. The van der Waals surface area contributed by atoms with Gasteiger partial charge in [-0.2, -0.15) is 0 Å². The molecule has 1 unspecified atom stereocenters. The lowest BCUT2D eigenvalue weighted by Gasteiger charge is -2.32.